The number of benzene rings is 1. The van der Waals surface area contributed by atoms with Crippen molar-refractivity contribution >= 4 is 5.91 Å². The molecule has 1 unspecified atom stereocenters. The summed E-state index contributed by atoms with van der Waals surface area (Å²) in [6, 6.07) is 9.35. The first-order valence-corrected chi connectivity index (χ1v) is 5.05. The van der Waals surface area contributed by atoms with Crippen LogP contribution in [0.3, 0.4) is 0 Å². The number of hydrogen-bond acceptors (Lipinski definition) is 2. The molecule has 1 aromatic carbocycles. The average Bonchev–Trinajstić information content (AvgIpc) is 2.77. The molecule has 0 spiro atoms. The molecular weight excluding hydrogens is 188 g/mol. The van der Waals surface area contributed by atoms with E-state index in [1.807, 2.05) is 42.5 Å². The van der Waals surface area contributed by atoms with Crippen molar-refractivity contribution in [3.8, 4) is 0 Å². The summed E-state index contributed by atoms with van der Waals surface area (Å²) < 4.78 is 0. The first-order valence-electron chi connectivity index (χ1n) is 5.05. The third kappa shape index (κ3) is 1.92. The van der Waals surface area contributed by atoms with E-state index in [4.69, 9.17) is 5.73 Å². The van der Waals surface area contributed by atoms with Crippen LogP contribution >= 0.6 is 0 Å². The SMILES string of the molecule is NCC1C=CCN1C(=O)c1ccccc1. The van der Waals surface area contributed by atoms with Gasteiger partial charge in [-0.15, -0.1) is 0 Å². The fourth-order valence-corrected chi connectivity index (χ4v) is 1.76. The number of nitrogens with zero attached hydrogens (tertiary/aromatic N) is 1. The monoisotopic (exact) mass is 202 g/mol. The summed E-state index contributed by atoms with van der Waals surface area (Å²) in [5, 5.41) is 0. The molecule has 1 aliphatic rings. The van der Waals surface area contributed by atoms with Gasteiger partial charge in [-0.3, -0.25) is 4.79 Å². The van der Waals surface area contributed by atoms with Crippen LogP contribution < -0.4 is 5.73 Å². The number of carbonyl (C=O) groups excluding carboxylic acids is 1. The van der Waals surface area contributed by atoms with Crippen molar-refractivity contribution in [2.75, 3.05) is 13.1 Å². The Balaban J connectivity index is 2.16. The summed E-state index contributed by atoms with van der Waals surface area (Å²) in [6.07, 6.45) is 3.97. The van der Waals surface area contributed by atoms with Gasteiger partial charge in [0.2, 0.25) is 0 Å². The van der Waals surface area contributed by atoms with Crippen molar-refractivity contribution in [2.24, 2.45) is 5.73 Å². The van der Waals surface area contributed by atoms with Crippen molar-refractivity contribution in [1.29, 1.82) is 0 Å². The highest BCUT2D eigenvalue weighted by atomic mass is 16.2. The highest BCUT2D eigenvalue weighted by Gasteiger charge is 2.23. The van der Waals surface area contributed by atoms with Crippen molar-refractivity contribution in [3.05, 3.63) is 48.0 Å². The van der Waals surface area contributed by atoms with Gasteiger partial charge in [0.15, 0.2) is 0 Å². The lowest BCUT2D eigenvalue weighted by Gasteiger charge is -2.23. The number of rotatable bonds is 2. The normalized spacial score (nSPS) is 19.5. The predicted octanol–water partition coefficient (Wildman–Crippen LogP) is 1.03. The van der Waals surface area contributed by atoms with Gasteiger partial charge in [0, 0.05) is 18.7 Å². The first-order chi connectivity index (χ1) is 7.33. The lowest BCUT2D eigenvalue weighted by atomic mass is 10.2. The Hall–Kier alpha value is -1.61. The summed E-state index contributed by atoms with van der Waals surface area (Å²) in [4.78, 5) is 13.8. The second kappa shape index (κ2) is 4.28. The van der Waals surface area contributed by atoms with E-state index < -0.39 is 0 Å². The maximum atomic E-state index is 12.0. The quantitative estimate of drug-likeness (QED) is 0.728. The maximum Gasteiger partial charge on any atom is 0.254 e. The van der Waals surface area contributed by atoms with Gasteiger partial charge in [0.05, 0.1) is 6.04 Å². The van der Waals surface area contributed by atoms with E-state index in [1.165, 1.54) is 0 Å². The Labute approximate surface area is 89.2 Å². The molecule has 1 atom stereocenters. The van der Waals surface area contributed by atoms with Gasteiger partial charge in [0.25, 0.3) is 5.91 Å². The summed E-state index contributed by atoms with van der Waals surface area (Å²) in [5.74, 6) is 0.0519. The second-order valence-corrected chi connectivity index (χ2v) is 3.55. The van der Waals surface area contributed by atoms with Gasteiger partial charge in [0.1, 0.15) is 0 Å². The fraction of sp³-hybridized carbons (Fsp3) is 0.250. The van der Waals surface area contributed by atoms with Gasteiger partial charge in [-0.05, 0) is 12.1 Å². The Kier molecular flexibility index (Phi) is 2.83. The van der Waals surface area contributed by atoms with Crippen LogP contribution in [0.1, 0.15) is 10.4 Å². The predicted molar refractivity (Wildman–Crippen MR) is 59.5 cm³/mol. The minimum Gasteiger partial charge on any atom is -0.328 e. The van der Waals surface area contributed by atoms with Crippen LogP contribution in [0.5, 0.6) is 0 Å². The molecule has 0 aromatic heterocycles. The van der Waals surface area contributed by atoms with E-state index >= 15 is 0 Å². The minimum atomic E-state index is 0.0519. The van der Waals surface area contributed by atoms with Crippen LogP contribution in [-0.4, -0.2) is 29.9 Å². The van der Waals surface area contributed by atoms with E-state index in [0.29, 0.717) is 13.1 Å². The van der Waals surface area contributed by atoms with E-state index in [-0.39, 0.29) is 11.9 Å². The smallest absolute Gasteiger partial charge is 0.254 e. The maximum absolute atomic E-state index is 12.0. The molecular formula is C12H14N2O. The largest absolute Gasteiger partial charge is 0.328 e. The molecule has 0 fully saturated rings. The van der Waals surface area contributed by atoms with E-state index in [2.05, 4.69) is 0 Å². The molecule has 15 heavy (non-hydrogen) atoms. The Morgan fingerprint density at radius 1 is 1.40 bits per heavy atom. The number of nitrogens with two attached hydrogens (primary N) is 1. The van der Waals surface area contributed by atoms with E-state index in [9.17, 15) is 4.79 Å². The van der Waals surface area contributed by atoms with Gasteiger partial charge in [-0.1, -0.05) is 30.4 Å². The Morgan fingerprint density at radius 3 is 2.80 bits per heavy atom. The standard InChI is InChI=1S/C12H14N2O/c13-9-11-7-4-8-14(11)12(15)10-5-2-1-3-6-10/h1-7,11H,8-9,13H2. The van der Waals surface area contributed by atoms with E-state index in [0.717, 1.165) is 5.56 Å². The van der Waals surface area contributed by atoms with Crippen molar-refractivity contribution in [3.63, 3.8) is 0 Å². The molecule has 1 heterocycles. The molecule has 1 amide bonds. The number of amides is 1. The fourth-order valence-electron chi connectivity index (χ4n) is 1.76. The third-order valence-electron chi connectivity index (χ3n) is 2.58. The van der Waals surface area contributed by atoms with Crippen molar-refractivity contribution in [2.45, 2.75) is 6.04 Å². The lowest BCUT2D eigenvalue weighted by molar-refractivity contribution is 0.0754. The van der Waals surface area contributed by atoms with Crippen LogP contribution in [0.25, 0.3) is 0 Å². The van der Waals surface area contributed by atoms with Crippen molar-refractivity contribution in [1.82, 2.24) is 4.90 Å². The summed E-state index contributed by atoms with van der Waals surface area (Å²) in [7, 11) is 0. The Bertz CT molecular complexity index is 372. The molecule has 3 heteroatoms. The highest BCUT2D eigenvalue weighted by molar-refractivity contribution is 5.94. The topological polar surface area (TPSA) is 46.3 Å². The molecule has 0 bridgehead atoms. The summed E-state index contributed by atoms with van der Waals surface area (Å²) in [6.45, 7) is 1.14. The first kappa shape index (κ1) is 9.93. The Morgan fingerprint density at radius 2 is 2.13 bits per heavy atom. The van der Waals surface area contributed by atoms with Crippen LogP contribution in [0.4, 0.5) is 0 Å². The van der Waals surface area contributed by atoms with Crippen LogP contribution in [0.2, 0.25) is 0 Å². The van der Waals surface area contributed by atoms with E-state index in [1.54, 1.807) is 4.90 Å². The van der Waals surface area contributed by atoms with Crippen molar-refractivity contribution < 1.29 is 4.79 Å². The van der Waals surface area contributed by atoms with Gasteiger partial charge < -0.3 is 10.6 Å². The molecule has 0 aliphatic carbocycles. The molecule has 78 valence electrons. The number of carbonyl (C=O) groups is 1. The van der Waals surface area contributed by atoms with Crippen LogP contribution in [0, 0.1) is 0 Å². The number of hydrogen-bond donors (Lipinski definition) is 1. The minimum absolute atomic E-state index is 0.0519. The molecule has 1 aliphatic heterocycles. The third-order valence-corrected chi connectivity index (χ3v) is 2.58. The summed E-state index contributed by atoms with van der Waals surface area (Å²) >= 11 is 0. The summed E-state index contributed by atoms with van der Waals surface area (Å²) in [5.41, 5.74) is 6.32. The molecule has 2 N–H and O–H groups in total. The molecule has 0 radical (unpaired) electrons. The van der Waals surface area contributed by atoms with Gasteiger partial charge >= 0.3 is 0 Å². The highest BCUT2D eigenvalue weighted by Crippen LogP contribution is 2.13. The van der Waals surface area contributed by atoms with Gasteiger partial charge in [-0.25, -0.2) is 0 Å². The molecule has 3 nitrogen and oxygen atoms in total. The average molecular weight is 202 g/mol. The van der Waals surface area contributed by atoms with Crippen LogP contribution in [0.15, 0.2) is 42.5 Å². The zero-order chi connectivity index (χ0) is 10.7. The lowest BCUT2D eigenvalue weighted by Crippen LogP contribution is -2.40. The molecule has 0 saturated heterocycles. The van der Waals surface area contributed by atoms with Crippen LogP contribution in [-0.2, 0) is 0 Å². The molecule has 2 rings (SSSR count). The molecule has 0 saturated carbocycles. The zero-order valence-electron chi connectivity index (χ0n) is 8.47. The molecule has 1 aromatic rings. The zero-order valence-corrected chi connectivity index (χ0v) is 8.47. The van der Waals surface area contributed by atoms with Gasteiger partial charge in [-0.2, -0.15) is 0 Å². The second-order valence-electron chi connectivity index (χ2n) is 3.55.